The molecule has 1 aliphatic heterocycles. The van der Waals surface area contributed by atoms with Gasteiger partial charge in [-0.05, 0) is 18.4 Å². The molecule has 2 aliphatic rings. The third-order valence-corrected chi connectivity index (χ3v) is 3.99. The zero-order valence-electron chi connectivity index (χ0n) is 10.5. The highest BCUT2D eigenvalue weighted by Gasteiger charge is 2.44. The standard InChI is InChI=1S/C15H20O3/c16-14(12-7-3-1-4-8-12)13-11-17-15(18-13)9-5-2-6-10-15/h1,3-4,7-8,13-14,16H,2,5-6,9-11H2/t13-,14?/m1/s1. The second-order valence-electron chi connectivity index (χ2n) is 5.29. The monoisotopic (exact) mass is 248 g/mol. The number of ether oxygens (including phenoxy) is 2. The van der Waals surface area contributed by atoms with Crippen LogP contribution < -0.4 is 0 Å². The maximum atomic E-state index is 10.3. The Balaban J connectivity index is 1.68. The van der Waals surface area contributed by atoms with Gasteiger partial charge >= 0.3 is 0 Å². The minimum absolute atomic E-state index is 0.231. The molecule has 2 fully saturated rings. The van der Waals surface area contributed by atoms with Gasteiger partial charge in [-0.1, -0.05) is 36.8 Å². The Morgan fingerprint density at radius 1 is 1.11 bits per heavy atom. The average Bonchev–Trinajstić information content (AvgIpc) is 2.83. The Bertz CT molecular complexity index is 384. The third-order valence-electron chi connectivity index (χ3n) is 3.99. The van der Waals surface area contributed by atoms with Crippen LogP contribution in [0, 0.1) is 0 Å². The number of hydrogen-bond acceptors (Lipinski definition) is 3. The molecule has 1 saturated heterocycles. The molecule has 1 N–H and O–H groups in total. The molecule has 1 spiro atoms. The Labute approximate surface area is 108 Å². The number of aliphatic hydroxyl groups is 1. The molecular weight excluding hydrogens is 228 g/mol. The first-order valence-electron chi connectivity index (χ1n) is 6.84. The average molecular weight is 248 g/mol. The molecule has 1 aromatic carbocycles. The van der Waals surface area contributed by atoms with E-state index < -0.39 is 11.9 Å². The number of hydrogen-bond donors (Lipinski definition) is 1. The van der Waals surface area contributed by atoms with Crippen molar-refractivity contribution in [1.29, 1.82) is 0 Å². The van der Waals surface area contributed by atoms with Gasteiger partial charge in [0.15, 0.2) is 5.79 Å². The predicted octanol–water partition coefficient (Wildman–Crippen LogP) is 2.80. The maximum Gasteiger partial charge on any atom is 0.169 e. The molecule has 3 rings (SSSR count). The van der Waals surface area contributed by atoms with Crippen LogP contribution in [-0.4, -0.2) is 23.6 Å². The van der Waals surface area contributed by atoms with E-state index in [1.54, 1.807) is 0 Å². The van der Waals surface area contributed by atoms with Crippen molar-refractivity contribution in [3.8, 4) is 0 Å². The van der Waals surface area contributed by atoms with E-state index in [4.69, 9.17) is 9.47 Å². The molecule has 18 heavy (non-hydrogen) atoms. The van der Waals surface area contributed by atoms with Gasteiger partial charge in [0.1, 0.15) is 12.2 Å². The highest BCUT2D eigenvalue weighted by atomic mass is 16.7. The van der Waals surface area contributed by atoms with E-state index in [0.29, 0.717) is 6.61 Å². The summed E-state index contributed by atoms with van der Waals surface area (Å²) in [6, 6.07) is 9.68. The van der Waals surface area contributed by atoms with Crippen molar-refractivity contribution in [3.05, 3.63) is 35.9 Å². The molecule has 1 unspecified atom stereocenters. The van der Waals surface area contributed by atoms with Crippen LogP contribution in [0.1, 0.15) is 43.8 Å². The first-order valence-corrected chi connectivity index (χ1v) is 6.84. The topological polar surface area (TPSA) is 38.7 Å². The van der Waals surface area contributed by atoms with E-state index in [2.05, 4.69) is 0 Å². The Morgan fingerprint density at radius 3 is 2.56 bits per heavy atom. The van der Waals surface area contributed by atoms with Gasteiger partial charge in [0, 0.05) is 12.8 Å². The minimum Gasteiger partial charge on any atom is -0.386 e. The first-order chi connectivity index (χ1) is 8.79. The number of benzene rings is 1. The largest absolute Gasteiger partial charge is 0.386 e. The van der Waals surface area contributed by atoms with E-state index in [0.717, 1.165) is 31.2 Å². The van der Waals surface area contributed by atoms with Crippen molar-refractivity contribution in [3.63, 3.8) is 0 Å². The molecule has 0 aromatic heterocycles. The van der Waals surface area contributed by atoms with Crippen LogP contribution in [-0.2, 0) is 9.47 Å². The van der Waals surface area contributed by atoms with Gasteiger partial charge in [0.05, 0.1) is 6.61 Å². The minimum atomic E-state index is -0.590. The normalized spacial score (nSPS) is 28.4. The molecule has 2 atom stereocenters. The first kappa shape index (κ1) is 12.2. The van der Waals surface area contributed by atoms with Gasteiger partial charge in [-0.25, -0.2) is 0 Å². The molecule has 1 aliphatic carbocycles. The third kappa shape index (κ3) is 2.30. The summed E-state index contributed by atoms with van der Waals surface area (Å²) in [7, 11) is 0. The van der Waals surface area contributed by atoms with E-state index in [1.807, 2.05) is 30.3 Å². The van der Waals surface area contributed by atoms with Gasteiger partial charge in [-0.15, -0.1) is 0 Å². The Morgan fingerprint density at radius 2 is 1.83 bits per heavy atom. The molecule has 0 bridgehead atoms. The summed E-state index contributed by atoms with van der Waals surface area (Å²) in [6.45, 7) is 0.496. The van der Waals surface area contributed by atoms with Crippen molar-refractivity contribution in [2.24, 2.45) is 0 Å². The van der Waals surface area contributed by atoms with E-state index in [1.165, 1.54) is 6.42 Å². The summed E-state index contributed by atoms with van der Waals surface area (Å²) in [6.07, 6.45) is 4.69. The summed E-state index contributed by atoms with van der Waals surface area (Å²) < 4.78 is 11.9. The lowest BCUT2D eigenvalue weighted by Gasteiger charge is -2.32. The molecule has 1 saturated carbocycles. The van der Waals surface area contributed by atoms with Gasteiger partial charge in [0.2, 0.25) is 0 Å². The quantitative estimate of drug-likeness (QED) is 0.874. The molecule has 0 radical (unpaired) electrons. The SMILES string of the molecule is OC(c1ccccc1)[C@H]1COC2(CCCCC2)O1. The highest BCUT2D eigenvalue weighted by molar-refractivity contribution is 5.18. The highest BCUT2D eigenvalue weighted by Crippen LogP contribution is 2.40. The van der Waals surface area contributed by atoms with Crippen molar-refractivity contribution in [1.82, 2.24) is 0 Å². The molecule has 1 heterocycles. The lowest BCUT2D eigenvalue weighted by molar-refractivity contribution is -0.196. The lowest BCUT2D eigenvalue weighted by atomic mass is 9.94. The van der Waals surface area contributed by atoms with Gasteiger partial charge in [-0.3, -0.25) is 0 Å². The molecular formula is C15H20O3. The number of rotatable bonds is 2. The fraction of sp³-hybridized carbons (Fsp3) is 0.600. The second kappa shape index (κ2) is 5.00. The van der Waals surface area contributed by atoms with Gasteiger partial charge in [-0.2, -0.15) is 0 Å². The summed E-state index contributed by atoms with van der Waals surface area (Å²) in [5.74, 6) is -0.404. The zero-order valence-corrected chi connectivity index (χ0v) is 10.5. The summed E-state index contributed by atoms with van der Waals surface area (Å²) in [5.41, 5.74) is 0.902. The van der Waals surface area contributed by atoms with Crippen molar-refractivity contribution >= 4 is 0 Å². The second-order valence-corrected chi connectivity index (χ2v) is 5.29. The van der Waals surface area contributed by atoms with E-state index in [9.17, 15) is 5.11 Å². The number of aliphatic hydroxyl groups excluding tert-OH is 1. The fourth-order valence-electron chi connectivity index (χ4n) is 2.95. The zero-order chi connectivity index (χ0) is 12.4. The van der Waals surface area contributed by atoms with E-state index >= 15 is 0 Å². The maximum absolute atomic E-state index is 10.3. The summed E-state index contributed by atoms with van der Waals surface area (Å²) in [4.78, 5) is 0. The fourth-order valence-corrected chi connectivity index (χ4v) is 2.95. The summed E-state index contributed by atoms with van der Waals surface area (Å²) >= 11 is 0. The van der Waals surface area contributed by atoms with Crippen LogP contribution in [0.4, 0.5) is 0 Å². The van der Waals surface area contributed by atoms with E-state index in [-0.39, 0.29) is 6.10 Å². The smallest absolute Gasteiger partial charge is 0.169 e. The summed E-state index contributed by atoms with van der Waals surface area (Å²) in [5, 5.41) is 10.3. The molecule has 3 nitrogen and oxygen atoms in total. The molecule has 0 amide bonds. The van der Waals surface area contributed by atoms with Crippen molar-refractivity contribution in [2.75, 3.05) is 6.61 Å². The van der Waals surface area contributed by atoms with Crippen LogP contribution >= 0.6 is 0 Å². The molecule has 3 heteroatoms. The predicted molar refractivity (Wildman–Crippen MR) is 68.0 cm³/mol. The van der Waals surface area contributed by atoms with Crippen LogP contribution in [0.2, 0.25) is 0 Å². The van der Waals surface area contributed by atoms with Crippen LogP contribution in [0.15, 0.2) is 30.3 Å². The van der Waals surface area contributed by atoms with Crippen LogP contribution in [0.25, 0.3) is 0 Å². The van der Waals surface area contributed by atoms with Gasteiger partial charge < -0.3 is 14.6 Å². The van der Waals surface area contributed by atoms with Crippen LogP contribution in [0.5, 0.6) is 0 Å². The van der Waals surface area contributed by atoms with Crippen molar-refractivity contribution < 1.29 is 14.6 Å². The Kier molecular flexibility index (Phi) is 3.37. The van der Waals surface area contributed by atoms with Gasteiger partial charge in [0.25, 0.3) is 0 Å². The van der Waals surface area contributed by atoms with Crippen LogP contribution in [0.3, 0.4) is 0 Å². The lowest BCUT2D eigenvalue weighted by Crippen LogP contribution is -2.34. The van der Waals surface area contributed by atoms with Crippen molar-refractivity contribution in [2.45, 2.75) is 50.1 Å². The Hall–Kier alpha value is -0.900. The molecule has 98 valence electrons. The molecule has 1 aromatic rings.